The molecule has 9 heteroatoms. The van der Waals surface area contributed by atoms with Gasteiger partial charge in [-0.25, -0.2) is 0 Å². The van der Waals surface area contributed by atoms with Crippen molar-refractivity contribution in [3.05, 3.63) is 48.0 Å². The summed E-state index contributed by atoms with van der Waals surface area (Å²) in [6, 6.07) is 12.0. The van der Waals surface area contributed by atoms with E-state index < -0.39 is 11.7 Å². The first-order valence-electron chi connectivity index (χ1n) is 16.5. The van der Waals surface area contributed by atoms with Gasteiger partial charge >= 0.3 is 12.1 Å². The molecule has 244 valence electrons. The van der Waals surface area contributed by atoms with Gasteiger partial charge in [-0.2, -0.15) is 13.2 Å². The van der Waals surface area contributed by atoms with Crippen LogP contribution in [0.25, 0.3) is 0 Å². The van der Waals surface area contributed by atoms with E-state index in [1.807, 2.05) is 24.3 Å². The average Bonchev–Trinajstić information content (AvgIpc) is 3.02. The highest BCUT2D eigenvalue weighted by Gasteiger charge is 2.35. The van der Waals surface area contributed by atoms with E-state index in [9.17, 15) is 18.0 Å². The summed E-state index contributed by atoms with van der Waals surface area (Å²) in [5, 5.41) is 0. The molecule has 0 N–H and O–H groups in total. The van der Waals surface area contributed by atoms with Crippen LogP contribution in [0.2, 0.25) is 0 Å². The van der Waals surface area contributed by atoms with Crippen LogP contribution < -0.4 is 4.90 Å². The SMILES string of the molecule is CCCCCCCCCC(=O)OCCOC1(CC)CCN(CCCN2c3ccccc3Sc3ccc(C(F)(F)F)cc32)CC1. The first-order valence-corrected chi connectivity index (χ1v) is 17.3. The monoisotopic (exact) mass is 634 g/mol. The molecule has 0 saturated carbocycles. The molecule has 2 aromatic rings. The summed E-state index contributed by atoms with van der Waals surface area (Å²) in [7, 11) is 0. The number of benzene rings is 2. The van der Waals surface area contributed by atoms with Gasteiger partial charge in [0.05, 0.1) is 29.1 Å². The van der Waals surface area contributed by atoms with Crippen molar-refractivity contribution in [3.8, 4) is 0 Å². The van der Waals surface area contributed by atoms with Crippen molar-refractivity contribution < 1.29 is 27.4 Å². The molecule has 1 saturated heterocycles. The maximum atomic E-state index is 13.5. The Bertz CT molecular complexity index is 1180. The van der Waals surface area contributed by atoms with Crippen LogP contribution in [-0.4, -0.2) is 55.9 Å². The average molecular weight is 635 g/mol. The number of rotatable bonds is 17. The normalized spacial score (nSPS) is 16.4. The minimum Gasteiger partial charge on any atom is -0.463 e. The van der Waals surface area contributed by atoms with Gasteiger partial charge in [0, 0.05) is 35.8 Å². The predicted octanol–water partition coefficient (Wildman–Crippen LogP) is 9.64. The number of nitrogens with zero attached hydrogens (tertiary/aromatic N) is 2. The van der Waals surface area contributed by atoms with E-state index in [1.54, 1.807) is 6.07 Å². The van der Waals surface area contributed by atoms with Crippen LogP contribution >= 0.6 is 11.8 Å². The van der Waals surface area contributed by atoms with E-state index in [0.29, 0.717) is 31.9 Å². The minimum absolute atomic E-state index is 0.130. The lowest BCUT2D eigenvalue weighted by molar-refractivity contribution is -0.150. The van der Waals surface area contributed by atoms with E-state index in [1.165, 1.54) is 56.0 Å². The molecule has 2 heterocycles. The number of hydrogen-bond donors (Lipinski definition) is 0. The highest BCUT2D eigenvalue weighted by atomic mass is 32.2. The molecule has 0 radical (unpaired) electrons. The molecule has 5 nitrogen and oxygen atoms in total. The number of carbonyl (C=O) groups is 1. The Balaban J connectivity index is 1.19. The first-order chi connectivity index (χ1) is 21.2. The molecule has 0 unspecified atom stereocenters. The first kappa shape index (κ1) is 34.6. The number of halogens is 3. The number of likely N-dealkylation sites (tertiary alicyclic amines) is 1. The Morgan fingerprint density at radius 2 is 1.57 bits per heavy atom. The number of piperidine rings is 1. The highest BCUT2D eigenvalue weighted by Crippen LogP contribution is 2.49. The van der Waals surface area contributed by atoms with E-state index in [-0.39, 0.29) is 11.6 Å². The van der Waals surface area contributed by atoms with E-state index in [2.05, 4.69) is 23.6 Å². The number of para-hydroxylation sites is 1. The van der Waals surface area contributed by atoms with Crippen molar-refractivity contribution >= 4 is 29.1 Å². The largest absolute Gasteiger partial charge is 0.463 e. The van der Waals surface area contributed by atoms with Crippen molar-refractivity contribution in [2.75, 3.05) is 44.3 Å². The third kappa shape index (κ3) is 9.88. The lowest BCUT2D eigenvalue weighted by atomic mass is 9.88. The Morgan fingerprint density at radius 1 is 0.864 bits per heavy atom. The summed E-state index contributed by atoms with van der Waals surface area (Å²) in [6.07, 6.45) is 7.92. The van der Waals surface area contributed by atoms with Gasteiger partial charge in [-0.3, -0.25) is 4.79 Å². The van der Waals surface area contributed by atoms with Gasteiger partial charge in [-0.1, -0.05) is 76.3 Å². The molecule has 0 aliphatic carbocycles. The lowest BCUT2D eigenvalue weighted by Crippen LogP contribution is -2.46. The highest BCUT2D eigenvalue weighted by molar-refractivity contribution is 7.99. The fraction of sp³-hybridized carbons (Fsp3) is 0.629. The molecule has 0 aromatic heterocycles. The van der Waals surface area contributed by atoms with E-state index in [0.717, 1.165) is 73.6 Å². The topological polar surface area (TPSA) is 42.0 Å². The van der Waals surface area contributed by atoms with Crippen LogP contribution in [0.5, 0.6) is 0 Å². The molecule has 1 fully saturated rings. The second-order valence-corrected chi connectivity index (χ2v) is 13.2. The molecule has 0 amide bonds. The van der Waals surface area contributed by atoms with Crippen molar-refractivity contribution in [2.45, 2.75) is 112 Å². The van der Waals surface area contributed by atoms with Gasteiger partial charge in [0.2, 0.25) is 0 Å². The van der Waals surface area contributed by atoms with Crippen molar-refractivity contribution in [1.82, 2.24) is 4.90 Å². The van der Waals surface area contributed by atoms with Gasteiger partial charge in [0.15, 0.2) is 0 Å². The molecule has 2 aliphatic rings. The van der Waals surface area contributed by atoms with Gasteiger partial charge in [0.1, 0.15) is 6.61 Å². The van der Waals surface area contributed by atoms with Crippen LogP contribution in [0, 0.1) is 0 Å². The van der Waals surface area contributed by atoms with E-state index in [4.69, 9.17) is 9.47 Å². The predicted molar refractivity (Wildman–Crippen MR) is 172 cm³/mol. The Kier molecular flexibility index (Phi) is 13.3. The summed E-state index contributed by atoms with van der Waals surface area (Å²) >= 11 is 1.52. The summed E-state index contributed by atoms with van der Waals surface area (Å²) in [6.45, 7) is 8.42. The number of carbonyl (C=O) groups excluding carboxylic acids is 1. The zero-order valence-corrected chi connectivity index (χ0v) is 27.2. The summed E-state index contributed by atoms with van der Waals surface area (Å²) < 4.78 is 52.3. The van der Waals surface area contributed by atoms with Crippen LogP contribution in [0.1, 0.15) is 96.5 Å². The van der Waals surface area contributed by atoms with Crippen molar-refractivity contribution in [1.29, 1.82) is 0 Å². The number of alkyl halides is 3. The maximum Gasteiger partial charge on any atom is 0.416 e. The molecular formula is C35H49F3N2O3S. The van der Waals surface area contributed by atoms with Crippen LogP contribution in [0.15, 0.2) is 52.3 Å². The molecule has 0 atom stereocenters. The quantitative estimate of drug-likeness (QED) is 0.128. The molecule has 0 spiro atoms. The summed E-state index contributed by atoms with van der Waals surface area (Å²) in [5.41, 5.74) is 0.779. The number of hydrogen-bond acceptors (Lipinski definition) is 6. The van der Waals surface area contributed by atoms with Crippen molar-refractivity contribution in [2.24, 2.45) is 0 Å². The van der Waals surface area contributed by atoms with Crippen LogP contribution in [-0.2, 0) is 20.4 Å². The van der Waals surface area contributed by atoms with E-state index >= 15 is 0 Å². The molecule has 44 heavy (non-hydrogen) atoms. The summed E-state index contributed by atoms with van der Waals surface area (Å²) in [4.78, 5) is 18.5. The molecular weight excluding hydrogens is 585 g/mol. The second kappa shape index (κ2) is 16.9. The van der Waals surface area contributed by atoms with Crippen LogP contribution in [0.4, 0.5) is 24.5 Å². The number of esters is 1. The van der Waals surface area contributed by atoms with Crippen LogP contribution in [0.3, 0.4) is 0 Å². The summed E-state index contributed by atoms with van der Waals surface area (Å²) in [5.74, 6) is -0.130. The maximum absolute atomic E-state index is 13.5. The van der Waals surface area contributed by atoms with Gasteiger partial charge < -0.3 is 19.3 Å². The fourth-order valence-corrected chi connectivity index (χ4v) is 7.27. The third-order valence-corrected chi connectivity index (χ3v) is 10.1. The number of anilines is 2. The van der Waals surface area contributed by atoms with Crippen molar-refractivity contribution in [3.63, 3.8) is 0 Å². The fourth-order valence-electron chi connectivity index (χ4n) is 6.20. The zero-order valence-electron chi connectivity index (χ0n) is 26.4. The number of fused-ring (bicyclic) bond motifs is 2. The number of ether oxygens (including phenoxy) is 2. The minimum atomic E-state index is -4.38. The molecule has 4 rings (SSSR count). The molecule has 2 aliphatic heterocycles. The molecule has 2 aromatic carbocycles. The van der Waals surface area contributed by atoms with Gasteiger partial charge in [-0.15, -0.1) is 0 Å². The standard InChI is InChI=1S/C35H49F3N2O3S/c1-3-5-6-7-8-9-10-16-33(41)42-25-26-43-34(4-2)19-23-39(24-20-34)21-13-22-40-29-14-11-12-15-31(29)44-32-18-17-28(27-30(32)40)35(36,37)38/h11-12,14-15,17-18,27H,3-10,13,16,19-26H2,1-2H3. The van der Waals surface area contributed by atoms with Gasteiger partial charge in [-0.05, 0) is 69.0 Å². The lowest BCUT2D eigenvalue weighted by Gasteiger charge is -2.41. The Morgan fingerprint density at radius 3 is 2.30 bits per heavy atom. The Labute approximate surface area is 265 Å². The second-order valence-electron chi connectivity index (χ2n) is 12.1. The molecule has 0 bridgehead atoms. The smallest absolute Gasteiger partial charge is 0.416 e. The third-order valence-electron chi connectivity index (χ3n) is 8.96. The number of unbranched alkanes of at least 4 members (excludes halogenated alkanes) is 6. The zero-order chi connectivity index (χ0) is 31.4. The Hall–Kier alpha value is -2.23. The van der Waals surface area contributed by atoms with Gasteiger partial charge in [0.25, 0.3) is 0 Å².